The van der Waals surface area contributed by atoms with Crippen molar-refractivity contribution in [3.63, 3.8) is 0 Å². The van der Waals surface area contributed by atoms with Crippen molar-refractivity contribution in [3.8, 4) is 11.4 Å². The quantitative estimate of drug-likeness (QED) is 0.192. The van der Waals surface area contributed by atoms with E-state index in [9.17, 15) is 9.59 Å². The highest BCUT2D eigenvalue weighted by atomic mass is 16.5. The molecule has 0 bridgehead atoms. The molecule has 7 heteroatoms. The Morgan fingerprint density at radius 1 is 0.884 bits per heavy atom. The van der Waals surface area contributed by atoms with Gasteiger partial charge in [0.1, 0.15) is 11.6 Å². The highest BCUT2D eigenvalue weighted by Crippen LogP contribution is 2.34. The molecule has 4 rings (SSSR count). The van der Waals surface area contributed by atoms with Gasteiger partial charge < -0.3 is 15.0 Å². The van der Waals surface area contributed by atoms with E-state index in [-0.39, 0.29) is 29.3 Å². The highest BCUT2D eigenvalue weighted by molar-refractivity contribution is 5.92. The number of rotatable bonds is 11. The highest BCUT2D eigenvalue weighted by Gasteiger charge is 2.31. The first-order valence-corrected chi connectivity index (χ1v) is 15.5. The van der Waals surface area contributed by atoms with Crippen LogP contribution in [-0.4, -0.2) is 33.6 Å². The first kappa shape index (κ1) is 31.8. The van der Waals surface area contributed by atoms with Crippen molar-refractivity contribution < 1.29 is 9.53 Å². The van der Waals surface area contributed by atoms with Gasteiger partial charge >= 0.3 is 6.03 Å². The molecule has 0 saturated heterocycles. The lowest BCUT2D eigenvalue weighted by atomic mass is 9.92. The molecular formula is C36H46N4O3. The molecule has 0 fully saturated rings. The van der Waals surface area contributed by atoms with E-state index in [0.717, 1.165) is 22.6 Å². The lowest BCUT2D eigenvalue weighted by Crippen LogP contribution is -2.43. The van der Waals surface area contributed by atoms with Gasteiger partial charge in [0.25, 0.3) is 5.56 Å². The number of nitrogens with zero attached hydrogens (tertiary/aromatic N) is 3. The van der Waals surface area contributed by atoms with Gasteiger partial charge in [0, 0.05) is 12.2 Å². The normalized spacial score (nSPS) is 12.3. The number of nitrogens with one attached hydrogen (secondary N) is 1. The van der Waals surface area contributed by atoms with Gasteiger partial charge in [-0.05, 0) is 78.6 Å². The van der Waals surface area contributed by atoms with Crippen molar-refractivity contribution >= 4 is 22.6 Å². The third-order valence-electron chi connectivity index (χ3n) is 7.70. The Morgan fingerprint density at radius 3 is 2.07 bits per heavy atom. The minimum atomic E-state index is -0.458. The Morgan fingerprint density at radius 2 is 1.51 bits per heavy atom. The molecule has 0 aliphatic carbocycles. The van der Waals surface area contributed by atoms with E-state index in [1.165, 1.54) is 0 Å². The molecule has 1 atom stereocenters. The molecule has 0 radical (unpaired) electrons. The third-order valence-corrected chi connectivity index (χ3v) is 7.70. The zero-order valence-corrected chi connectivity index (χ0v) is 26.8. The summed E-state index contributed by atoms with van der Waals surface area (Å²) in [4.78, 5) is 35.4. The number of fused-ring (bicyclic) bond motifs is 1. The largest absolute Gasteiger partial charge is 0.494 e. The van der Waals surface area contributed by atoms with Gasteiger partial charge in [-0.15, -0.1) is 0 Å². The molecule has 0 saturated carbocycles. The number of aromatic nitrogens is 2. The molecule has 1 N–H and O–H groups in total. The van der Waals surface area contributed by atoms with Gasteiger partial charge in [-0.2, -0.15) is 0 Å². The smallest absolute Gasteiger partial charge is 0.322 e. The summed E-state index contributed by atoms with van der Waals surface area (Å²) in [5.74, 6) is 1.93. The van der Waals surface area contributed by atoms with Gasteiger partial charge in [0.15, 0.2) is 0 Å². The van der Waals surface area contributed by atoms with Crippen LogP contribution in [0.15, 0.2) is 71.5 Å². The Hall–Kier alpha value is -4.13. The molecule has 4 aromatic rings. The summed E-state index contributed by atoms with van der Waals surface area (Å²) in [6.45, 7) is 17.8. The second kappa shape index (κ2) is 13.9. The molecule has 7 nitrogen and oxygen atoms in total. The summed E-state index contributed by atoms with van der Waals surface area (Å²) in [5, 5.41) is 3.85. The molecule has 43 heavy (non-hydrogen) atoms. The molecule has 228 valence electrons. The number of benzene rings is 3. The van der Waals surface area contributed by atoms with E-state index >= 15 is 0 Å². The molecule has 3 aromatic carbocycles. The lowest BCUT2D eigenvalue weighted by molar-refractivity contribution is 0.171. The van der Waals surface area contributed by atoms with E-state index < -0.39 is 6.04 Å². The van der Waals surface area contributed by atoms with Crippen molar-refractivity contribution in [1.82, 2.24) is 14.5 Å². The summed E-state index contributed by atoms with van der Waals surface area (Å²) >= 11 is 0. The van der Waals surface area contributed by atoms with Gasteiger partial charge in [-0.3, -0.25) is 9.36 Å². The van der Waals surface area contributed by atoms with Crippen LogP contribution in [0.1, 0.15) is 96.6 Å². The maximum Gasteiger partial charge on any atom is 0.322 e. The van der Waals surface area contributed by atoms with E-state index in [1.807, 2.05) is 61.2 Å². The second-order valence-corrected chi connectivity index (χ2v) is 12.1. The van der Waals surface area contributed by atoms with Crippen LogP contribution in [0.25, 0.3) is 16.6 Å². The van der Waals surface area contributed by atoms with Crippen LogP contribution in [0.3, 0.4) is 0 Å². The predicted octanol–water partition coefficient (Wildman–Crippen LogP) is 8.67. The molecule has 0 aliphatic rings. The maximum atomic E-state index is 14.4. The molecule has 0 aliphatic heterocycles. The van der Waals surface area contributed by atoms with Crippen molar-refractivity contribution in [2.24, 2.45) is 5.92 Å². The number of anilines is 1. The monoisotopic (exact) mass is 582 g/mol. The molecule has 0 spiro atoms. The van der Waals surface area contributed by atoms with Crippen molar-refractivity contribution in [2.45, 2.75) is 79.7 Å². The summed E-state index contributed by atoms with van der Waals surface area (Å²) < 4.78 is 7.32. The van der Waals surface area contributed by atoms with E-state index in [0.29, 0.717) is 42.0 Å². The number of para-hydroxylation sites is 2. The van der Waals surface area contributed by atoms with Crippen LogP contribution in [0.2, 0.25) is 0 Å². The number of hydrogen-bond acceptors (Lipinski definition) is 4. The van der Waals surface area contributed by atoms with Crippen LogP contribution in [0, 0.1) is 5.92 Å². The molecular weight excluding hydrogens is 536 g/mol. The number of carbonyl (C=O) groups excluding carboxylic acids is 1. The number of urea groups is 1. The van der Waals surface area contributed by atoms with E-state index in [4.69, 9.17) is 9.72 Å². The first-order valence-electron chi connectivity index (χ1n) is 15.5. The standard InChI is InChI=1S/C36H46N4O3/c1-9-32(39(22-23(3)4)36(42)38-33-28(24(5)6)15-13-16-29(33)25(7)8)34-37-31-17-12-11-14-30(31)35(41)40(34)26-18-20-27(21-19-26)43-10-2/h11-21,23-25,32H,9-10,22H2,1-8H3,(H,38,42). The molecule has 1 aromatic heterocycles. The Labute approximate surface area is 255 Å². The molecule has 1 unspecified atom stereocenters. The lowest BCUT2D eigenvalue weighted by Gasteiger charge is -2.34. The number of amides is 2. The van der Waals surface area contributed by atoms with Gasteiger partial charge in [0.2, 0.25) is 0 Å². The Kier molecular flexibility index (Phi) is 10.3. The fraction of sp³-hybridized carbons (Fsp3) is 0.417. The summed E-state index contributed by atoms with van der Waals surface area (Å²) in [5.41, 5.74) is 4.20. The minimum absolute atomic E-state index is 0.166. The topological polar surface area (TPSA) is 76.5 Å². The fourth-order valence-corrected chi connectivity index (χ4v) is 5.64. The maximum absolute atomic E-state index is 14.4. The summed E-state index contributed by atoms with van der Waals surface area (Å²) in [6, 6.07) is 20.4. The number of ether oxygens (including phenoxy) is 1. The first-order chi connectivity index (χ1) is 20.6. The van der Waals surface area contributed by atoms with E-state index in [2.05, 4.69) is 65.1 Å². The predicted molar refractivity (Wildman–Crippen MR) is 177 cm³/mol. The van der Waals surface area contributed by atoms with Crippen LogP contribution in [-0.2, 0) is 0 Å². The van der Waals surface area contributed by atoms with Crippen LogP contribution in [0.5, 0.6) is 5.75 Å². The van der Waals surface area contributed by atoms with Gasteiger partial charge in [-0.25, -0.2) is 9.78 Å². The van der Waals surface area contributed by atoms with Gasteiger partial charge in [0.05, 0.1) is 29.2 Å². The second-order valence-electron chi connectivity index (χ2n) is 12.1. The van der Waals surface area contributed by atoms with Crippen LogP contribution in [0.4, 0.5) is 10.5 Å². The SMILES string of the molecule is CCOc1ccc(-n2c(C(CC)N(CC(C)C)C(=O)Nc3c(C(C)C)cccc3C(C)C)nc3ccccc3c2=O)cc1. The molecule has 1 heterocycles. The third kappa shape index (κ3) is 6.93. The zero-order chi connectivity index (χ0) is 31.3. The number of carbonyl (C=O) groups is 1. The minimum Gasteiger partial charge on any atom is -0.494 e. The van der Waals surface area contributed by atoms with Crippen molar-refractivity contribution in [3.05, 3.63) is 94.0 Å². The van der Waals surface area contributed by atoms with Gasteiger partial charge in [-0.1, -0.05) is 78.8 Å². The number of hydrogen-bond donors (Lipinski definition) is 1. The molecule has 2 amide bonds. The fourth-order valence-electron chi connectivity index (χ4n) is 5.64. The average Bonchev–Trinajstić information content (AvgIpc) is 2.97. The zero-order valence-electron chi connectivity index (χ0n) is 26.8. The summed E-state index contributed by atoms with van der Waals surface area (Å²) in [7, 11) is 0. The summed E-state index contributed by atoms with van der Waals surface area (Å²) in [6.07, 6.45) is 0.574. The van der Waals surface area contributed by atoms with Crippen molar-refractivity contribution in [1.29, 1.82) is 0 Å². The van der Waals surface area contributed by atoms with Crippen LogP contribution >= 0.6 is 0 Å². The van der Waals surface area contributed by atoms with Crippen molar-refractivity contribution in [2.75, 3.05) is 18.5 Å². The average molecular weight is 583 g/mol. The van der Waals surface area contributed by atoms with E-state index in [1.54, 1.807) is 10.6 Å². The Balaban J connectivity index is 1.89. The van der Waals surface area contributed by atoms with Crippen LogP contribution < -0.4 is 15.6 Å². The Bertz CT molecular complexity index is 1580.